The number of hydrogen-bond acceptors (Lipinski definition) is 3. The number of rotatable bonds is 3. The average molecular weight is 369 g/mol. The Kier molecular flexibility index (Phi) is 4.85. The van der Waals surface area contributed by atoms with Crippen molar-refractivity contribution in [3.8, 4) is 0 Å². The second-order valence-electron chi connectivity index (χ2n) is 4.18. The van der Waals surface area contributed by atoms with E-state index in [0.717, 1.165) is 40.0 Å². The van der Waals surface area contributed by atoms with E-state index in [9.17, 15) is 0 Å². The van der Waals surface area contributed by atoms with Gasteiger partial charge in [0.15, 0.2) is 0 Å². The molecule has 0 radical (unpaired) electrons. The maximum Gasteiger partial charge on any atom is 0.0758 e. The molecule has 5 heteroatoms. The molecule has 2 heterocycles. The highest BCUT2D eigenvalue weighted by Gasteiger charge is 2.20. The lowest BCUT2D eigenvalue weighted by molar-refractivity contribution is 0.0618. The molecule has 1 fully saturated rings. The summed E-state index contributed by atoms with van der Waals surface area (Å²) in [5.41, 5.74) is 7.48. The molecular formula is C11H15Br2NOS. The van der Waals surface area contributed by atoms with Crippen LogP contribution < -0.4 is 5.73 Å². The van der Waals surface area contributed by atoms with Crippen molar-refractivity contribution >= 4 is 43.2 Å². The van der Waals surface area contributed by atoms with Gasteiger partial charge in [0.1, 0.15) is 0 Å². The Morgan fingerprint density at radius 2 is 2.12 bits per heavy atom. The lowest BCUT2D eigenvalue weighted by Crippen LogP contribution is -2.21. The van der Waals surface area contributed by atoms with Crippen LogP contribution in [-0.2, 0) is 4.74 Å². The van der Waals surface area contributed by atoms with Crippen LogP contribution in [0.5, 0.6) is 0 Å². The van der Waals surface area contributed by atoms with Gasteiger partial charge < -0.3 is 10.5 Å². The van der Waals surface area contributed by atoms with Gasteiger partial charge in [-0.05, 0) is 68.7 Å². The van der Waals surface area contributed by atoms with Crippen LogP contribution in [0.3, 0.4) is 0 Å². The van der Waals surface area contributed by atoms with Gasteiger partial charge in [-0.1, -0.05) is 0 Å². The first kappa shape index (κ1) is 13.0. The molecule has 1 saturated heterocycles. The molecule has 16 heavy (non-hydrogen) atoms. The minimum Gasteiger partial charge on any atom is -0.381 e. The van der Waals surface area contributed by atoms with E-state index in [1.165, 1.54) is 5.56 Å². The quantitative estimate of drug-likeness (QED) is 0.871. The second-order valence-corrected chi connectivity index (χ2v) is 7.93. The average Bonchev–Trinajstić information content (AvgIpc) is 2.59. The summed E-state index contributed by atoms with van der Waals surface area (Å²) in [7, 11) is 0. The van der Waals surface area contributed by atoms with Gasteiger partial charge in [0.2, 0.25) is 0 Å². The first-order valence-electron chi connectivity index (χ1n) is 5.45. The Morgan fingerprint density at radius 1 is 1.44 bits per heavy atom. The summed E-state index contributed by atoms with van der Waals surface area (Å²) >= 11 is 8.74. The van der Waals surface area contributed by atoms with E-state index in [-0.39, 0.29) is 6.04 Å². The molecule has 2 rings (SSSR count). The predicted molar refractivity (Wildman–Crippen MR) is 74.8 cm³/mol. The van der Waals surface area contributed by atoms with Crippen LogP contribution in [0.2, 0.25) is 0 Å². The van der Waals surface area contributed by atoms with Gasteiger partial charge in [-0.25, -0.2) is 0 Å². The fraction of sp³-hybridized carbons (Fsp3) is 0.636. The van der Waals surface area contributed by atoms with Gasteiger partial charge in [-0.3, -0.25) is 0 Å². The molecule has 2 N–H and O–H groups in total. The first-order chi connectivity index (χ1) is 7.66. The molecule has 0 saturated carbocycles. The Hall–Kier alpha value is 0.580. The second kappa shape index (κ2) is 5.96. The minimum absolute atomic E-state index is 0.139. The van der Waals surface area contributed by atoms with Gasteiger partial charge >= 0.3 is 0 Å². The maximum atomic E-state index is 6.26. The molecule has 2 nitrogen and oxygen atoms in total. The van der Waals surface area contributed by atoms with Crippen molar-refractivity contribution in [1.82, 2.24) is 0 Å². The Labute approximate surface area is 117 Å². The number of ether oxygens (including phenoxy) is 1. The smallest absolute Gasteiger partial charge is 0.0758 e. The van der Waals surface area contributed by atoms with Crippen molar-refractivity contribution in [3.63, 3.8) is 0 Å². The normalized spacial score (nSPS) is 19.9. The Bertz CT molecular complexity index is 350. The molecular weight excluding hydrogens is 354 g/mol. The van der Waals surface area contributed by atoms with Gasteiger partial charge in [0, 0.05) is 19.3 Å². The number of hydrogen-bond donors (Lipinski definition) is 1. The summed E-state index contributed by atoms with van der Waals surface area (Å²) in [6.45, 7) is 1.79. The van der Waals surface area contributed by atoms with Gasteiger partial charge in [0.25, 0.3) is 0 Å². The maximum absolute atomic E-state index is 6.26. The molecule has 0 aliphatic carbocycles. The lowest BCUT2D eigenvalue weighted by Gasteiger charge is -2.24. The summed E-state index contributed by atoms with van der Waals surface area (Å²) in [6.07, 6.45) is 3.36. The molecule has 0 bridgehead atoms. The molecule has 1 aliphatic heterocycles. The fourth-order valence-corrected chi connectivity index (χ4v) is 5.07. The number of thiophene rings is 1. The molecule has 0 amide bonds. The third-order valence-electron chi connectivity index (χ3n) is 3.01. The predicted octanol–water partition coefficient (Wildman–Crippen LogP) is 4.09. The topological polar surface area (TPSA) is 35.2 Å². The van der Waals surface area contributed by atoms with Crippen LogP contribution in [0.1, 0.15) is 30.9 Å². The molecule has 1 aromatic heterocycles. The zero-order chi connectivity index (χ0) is 11.5. The van der Waals surface area contributed by atoms with Crippen LogP contribution in [0.4, 0.5) is 0 Å². The van der Waals surface area contributed by atoms with Crippen molar-refractivity contribution < 1.29 is 4.74 Å². The van der Waals surface area contributed by atoms with Crippen LogP contribution in [0, 0.1) is 5.92 Å². The van der Waals surface area contributed by atoms with Crippen molar-refractivity contribution in [2.45, 2.75) is 25.3 Å². The first-order valence-corrected chi connectivity index (χ1v) is 7.85. The largest absolute Gasteiger partial charge is 0.381 e. The van der Waals surface area contributed by atoms with Crippen molar-refractivity contribution in [2.24, 2.45) is 11.7 Å². The molecule has 1 unspecified atom stereocenters. The van der Waals surface area contributed by atoms with Crippen LogP contribution in [0.15, 0.2) is 13.6 Å². The number of halogens is 2. The van der Waals surface area contributed by atoms with E-state index in [4.69, 9.17) is 10.5 Å². The zero-order valence-corrected chi connectivity index (χ0v) is 12.9. The van der Waals surface area contributed by atoms with Crippen LogP contribution in [-0.4, -0.2) is 13.2 Å². The Morgan fingerprint density at radius 3 is 2.69 bits per heavy atom. The summed E-state index contributed by atoms with van der Waals surface area (Å²) in [6, 6.07) is 2.26. The van der Waals surface area contributed by atoms with E-state index >= 15 is 0 Å². The molecule has 90 valence electrons. The van der Waals surface area contributed by atoms with Gasteiger partial charge in [-0.2, -0.15) is 0 Å². The molecule has 0 aromatic carbocycles. The highest BCUT2D eigenvalue weighted by molar-refractivity contribution is 9.12. The summed E-state index contributed by atoms with van der Waals surface area (Å²) in [4.78, 5) is 0. The van der Waals surface area contributed by atoms with E-state index < -0.39 is 0 Å². The van der Waals surface area contributed by atoms with E-state index in [1.54, 1.807) is 11.3 Å². The molecule has 1 aromatic rings. The molecule has 1 atom stereocenters. The van der Waals surface area contributed by atoms with E-state index in [1.807, 2.05) is 0 Å². The van der Waals surface area contributed by atoms with Crippen molar-refractivity contribution in [3.05, 3.63) is 19.2 Å². The summed E-state index contributed by atoms with van der Waals surface area (Å²) in [5, 5.41) is 0. The standard InChI is InChI=1S/C11H15Br2NOS/c12-10-6-8(11(13)16-10)9(14)5-7-1-3-15-4-2-7/h6-7,9H,1-5,14H2. The van der Waals surface area contributed by atoms with Crippen molar-refractivity contribution in [1.29, 1.82) is 0 Å². The van der Waals surface area contributed by atoms with Crippen LogP contribution >= 0.6 is 43.2 Å². The minimum atomic E-state index is 0.139. The molecule has 0 spiro atoms. The van der Waals surface area contributed by atoms with Crippen molar-refractivity contribution in [2.75, 3.05) is 13.2 Å². The lowest BCUT2D eigenvalue weighted by atomic mass is 9.91. The summed E-state index contributed by atoms with van der Waals surface area (Å²) < 4.78 is 7.65. The zero-order valence-electron chi connectivity index (χ0n) is 8.92. The third-order valence-corrected chi connectivity index (χ3v) is 5.40. The van der Waals surface area contributed by atoms with Crippen LogP contribution in [0.25, 0.3) is 0 Å². The fourth-order valence-electron chi connectivity index (χ4n) is 2.07. The SMILES string of the molecule is NC(CC1CCOCC1)c1cc(Br)sc1Br. The van der Waals surface area contributed by atoms with E-state index in [0.29, 0.717) is 5.92 Å². The summed E-state index contributed by atoms with van der Waals surface area (Å²) in [5.74, 6) is 0.717. The van der Waals surface area contributed by atoms with Gasteiger partial charge in [-0.15, -0.1) is 11.3 Å². The Balaban J connectivity index is 1.96. The monoisotopic (exact) mass is 367 g/mol. The third kappa shape index (κ3) is 3.29. The number of nitrogens with two attached hydrogens (primary N) is 1. The van der Waals surface area contributed by atoms with E-state index in [2.05, 4.69) is 37.9 Å². The highest BCUT2D eigenvalue weighted by atomic mass is 79.9. The van der Waals surface area contributed by atoms with Gasteiger partial charge in [0.05, 0.1) is 7.57 Å². The molecule has 1 aliphatic rings. The highest BCUT2D eigenvalue weighted by Crippen LogP contribution is 2.37.